The van der Waals surface area contributed by atoms with Crippen LogP contribution >= 0.6 is 11.6 Å². The minimum absolute atomic E-state index is 0.101. The highest BCUT2D eigenvalue weighted by Crippen LogP contribution is 2.10. The van der Waals surface area contributed by atoms with Gasteiger partial charge in [0.15, 0.2) is 11.0 Å². The van der Waals surface area contributed by atoms with E-state index in [1.165, 1.54) is 13.1 Å². The Bertz CT molecular complexity index is 316. The van der Waals surface area contributed by atoms with Crippen LogP contribution in [-0.2, 0) is 0 Å². The highest BCUT2D eigenvalue weighted by atomic mass is 35.5. The SMILES string of the molecule is CNC(=O)c1ccc(F)c(Cl)n1. The van der Waals surface area contributed by atoms with E-state index < -0.39 is 11.7 Å². The van der Waals surface area contributed by atoms with E-state index in [0.717, 1.165) is 6.07 Å². The number of amides is 1. The summed E-state index contributed by atoms with van der Waals surface area (Å²) in [5.74, 6) is -1.03. The van der Waals surface area contributed by atoms with E-state index in [1.807, 2.05) is 0 Å². The van der Waals surface area contributed by atoms with Gasteiger partial charge in [0.2, 0.25) is 0 Å². The Morgan fingerprint density at radius 1 is 1.67 bits per heavy atom. The second-order valence-electron chi connectivity index (χ2n) is 2.05. The summed E-state index contributed by atoms with van der Waals surface area (Å²) < 4.78 is 12.5. The Labute approximate surface area is 73.6 Å². The molecule has 0 fully saturated rings. The molecule has 64 valence electrons. The fourth-order valence-corrected chi connectivity index (χ4v) is 0.826. The highest BCUT2D eigenvalue weighted by molar-refractivity contribution is 6.29. The Morgan fingerprint density at radius 2 is 2.33 bits per heavy atom. The van der Waals surface area contributed by atoms with Crippen molar-refractivity contribution in [3.8, 4) is 0 Å². The van der Waals surface area contributed by atoms with E-state index in [0.29, 0.717) is 0 Å². The average Bonchev–Trinajstić information content (AvgIpc) is 2.08. The molecule has 0 aromatic carbocycles. The second-order valence-corrected chi connectivity index (χ2v) is 2.41. The molecule has 0 saturated carbocycles. The maximum atomic E-state index is 12.5. The topological polar surface area (TPSA) is 42.0 Å². The molecule has 1 N–H and O–H groups in total. The van der Waals surface area contributed by atoms with Gasteiger partial charge in [-0.25, -0.2) is 9.37 Å². The van der Waals surface area contributed by atoms with Crippen LogP contribution in [0.1, 0.15) is 10.5 Å². The molecule has 0 aliphatic carbocycles. The van der Waals surface area contributed by atoms with Gasteiger partial charge in [-0.05, 0) is 12.1 Å². The molecule has 12 heavy (non-hydrogen) atoms. The third-order valence-electron chi connectivity index (χ3n) is 1.26. The minimum Gasteiger partial charge on any atom is -0.354 e. The quantitative estimate of drug-likeness (QED) is 0.674. The molecular formula is C7H6ClFN2O. The molecule has 1 aromatic heterocycles. The van der Waals surface area contributed by atoms with Crippen molar-refractivity contribution in [1.82, 2.24) is 10.3 Å². The molecule has 1 aromatic rings. The summed E-state index contributed by atoms with van der Waals surface area (Å²) in [5.41, 5.74) is 0.101. The molecule has 1 amide bonds. The lowest BCUT2D eigenvalue weighted by Gasteiger charge is -1.98. The van der Waals surface area contributed by atoms with Crippen LogP contribution in [0.15, 0.2) is 12.1 Å². The predicted molar refractivity (Wildman–Crippen MR) is 42.6 cm³/mol. The van der Waals surface area contributed by atoms with Gasteiger partial charge in [-0.1, -0.05) is 11.6 Å². The van der Waals surface area contributed by atoms with Gasteiger partial charge in [0.05, 0.1) is 0 Å². The summed E-state index contributed by atoms with van der Waals surface area (Å²) >= 11 is 5.35. The zero-order valence-corrected chi connectivity index (χ0v) is 7.02. The normalized spacial score (nSPS) is 9.58. The van der Waals surface area contributed by atoms with Crippen molar-refractivity contribution < 1.29 is 9.18 Å². The zero-order chi connectivity index (χ0) is 9.14. The van der Waals surface area contributed by atoms with Crippen molar-refractivity contribution in [1.29, 1.82) is 0 Å². The summed E-state index contributed by atoms with van der Waals surface area (Å²) in [6.07, 6.45) is 0. The number of hydrogen-bond donors (Lipinski definition) is 1. The maximum Gasteiger partial charge on any atom is 0.269 e. The van der Waals surface area contributed by atoms with Gasteiger partial charge in [0.1, 0.15) is 5.69 Å². The number of carbonyl (C=O) groups excluding carboxylic acids is 1. The smallest absolute Gasteiger partial charge is 0.269 e. The predicted octanol–water partition coefficient (Wildman–Crippen LogP) is 1.23. The standard InChI is InChI=1S/C7H6ClFN2O/c1-10-7(12)5-3-2-4(9)6(8)11-5/h2-3H,1H3,(H,10,12). The number of hydrogen-bond acceptors (Lipinski definition) is 2. The number of pyridine rings is 1. The Morgan fingerprint density at radius 3 is 2.83 bits per heavy atom. The summed E-state index contributed by atoms with van der Waals surface area (Å²) in [5, 5.41) is 2.05. The van der Waals surface area contributed by atoms with Crippen LogP contribution in [0, 0.1) is 5.82 Å². The Balaban J connectivity index is 3.05. The molecule has 1 heterocycles. The van der Waals surface area contributed by atoms with E-state index in [-0.39, 0.29) is 10.8 Å². The zero-order valence-electron chi connectivity index (χ0n) is 6.27. The highest BCUT2D eigenvalue weighted by Gasteiger charge is 2.07. The fourth-order valence-electron chi connectivity index (χ4n) is 0.672. The van der Waals surface area contributed by atoms with Gasteiger partial charge in [-0.15, -0.1) is 0 Å². The van der Waals surface area contributed by atoms with E-state index in [4.69, 9.17) is 11.6 Å². The fraction of sp³-hybridized carbons (Fsp3) is 0.143. The van der Waals surface area contributed by atoms with Crippen molar-refractivity contribution >= 4 is 17.5 Å². The molecule has 0 aliphatic heterocycles. The Hall–Kier alpha value is -1.16. The molecule has 0 saturated heterocycles. The van der Waals surface area contributed by atoms with E-state index in [9.17, 15) is 9.18 Å². The van der Waals surface area contributed by atoms with Crippen molar-refractivity contribution in [3.63, 3.8) is 0 Å². The van der Waals surface area contributed by atoms with Gasteiger partial charge in [-0.2, -0.15) is 0 Å². The molecule has 1 rings (SSSR count). The number of halogens is 2. The van der Waals surface area contributed by atoms with Crippen molar-refractivity contribution in [2.45, 2.75) is 0 Å². The second kappa shape index (κ2) is 3.49. The van der Waals surface area contributed by atoms with Crippen LogP contribution in [0.5, 0.6) is 0 Å². The van der Waals surface area contributed by atoms with Crippen LogP contribution in [0.2, 0.25) is 5.15 Å². The van der Waals surface area contributed by atoms with Crippen LogP contribution in [0.4, 0.5) is 4.39 Å². The van der Waals surface area contributed by atoms with Gasteiger partial charge in [0, 0.05) is 7.05 Å². The summed E-state index contributed by atoms with van der Waals surface area (Å²) in [6.45, 7) is 0. The first kappa shape index (κ1) is 8.93. The summed E-state index contributed by atoms with van der Waals surface area (Å²) in [7, 11) is 1.46. The number of carbonyl (C=O) groups is 1. The molecule has 0 spiro atoms. The number of rotatable bonds is 1. The molecule has 3 nitrogen and oxygen atoms in total. The van der Waals surface area contributed by atoms with Gasteiger partial charge >= 0.3 is 0 Å². The lowest BCUT2D eigenvalue weighted by molar-refractivity contribution is 0.0958. The summed E-state index contributed by atoms with van der Waals surface area (Å²) in [6, 6.07) is 2.36. The first-order valence-corrected chi connectivity index (χ1v) is 3.57. The maximum absolute atomic E-state index is 12.5. The first-order chi connectivity index (χ1) is 5.65. The lowest BCUT2D eigenvalue weighted by Crippen LogP contribution is -2.19. The number of nitrogens with zero attached hydrogens (tertiary/aromatic N) is 1. The van der Waals surface area contributed by atoms with Gasteiger partial charge in [-0.3, -0.25) is 4.79 Å². The van der Waals surface area contributed by atoms with Crippen molar-refractivity contribution in [2.24, 2.45) is 0 Å². The average molecular weight is 189 g/mol. The molecule has 0 unspecified atom stereocenters. The van der Waals surface area contributed by atoms with E-state index in [2.05, 4.69) is 10.3 Å². The van der Waals surface area contributed by atoms with Crippen LogP contribution in [0.3, 0.4) is 0 Å². The third kappa shape index (κ3) is 1.71. The minimum atomic E-state index is -0.635. The van der Waals surface area contributed by atoms with Gasteiger partial charge < -0.3 is 5.32 Å². The summed E-state index contributed by atoms with van der Waals surface area (Å²) in [4.78, 5) is 14.4. The lowest BCUT2D eigenvalue weighted by atomic mass is 10.3. The van der Waals surface area contributed by atoms with E-state index in [1.54, 1.807) is 0 Å². The molecule has 0 aliphatic rings. The number of aromatic nitrogens is 1. The van der Waals surface area contributed by atoms with Gasteiger partial charge in [0.25, 0.3) is 5.91 Å². The van der Waals surface area contributed by atoms with Crippen LogP contribution in [0.25, 0.3) is 0 Å². The Kier molecular flexibility index (Phi) is 2.60. The molecule has 5 heteroatoms. The molecule has 0 bridgehead atoms. The van der Waals surface area contributed by atoms with Crippen molar-refractivity contribution in [3.05, 3.63) is 28.8 Å². The van der Waals surface area contributed by atoms with Crippen molar-refractivity contribution in [2.75, 3.05) is 7.05 Å². The third-order valence-corrected chi connectivity index (χ3v) is 1.53. The number of nitrogens with one attached hydrogen (secondary N) is 1. The molecule has 0 atom stereocenters. The first-order valence-electron chi connectivity index (χ1n) is 3.19. The molecule has 0 radical (unpaired) electrons. The van der Waals surface area contributed by atoms with Crippen LogP contribution < -0.4 is 5.32 Å². The molecular weight excluding hydrogens is 183 g/mol. The van der Waals surface area contributed by atoms with Crippen LogP contribution in [-0.4, -0.2) is 17.9 Å². The monoisotopic (exact) mass is 188 g/mol. The largest absolute Gasteiger partial charge is 0.354 e. The van der Waals surface area contributed by atoms with E-state index >= 15 is 0 Å².